The van der Waals surface area contributed by atoms with Crippen LogP contribution in [0.4, 0.5) is 13.2 Å². The summed E-state index contributed by atoms with van der Waals surface area (Å²) in [7, 11) is -0.312. The van der Waals surface area contributed by atoms with Crippen molar-refractivity contribution in [3.05, 3.63) is 83.2 Å². The number of hydrogen-bond donors (Lipinski definition) is 0. The van der Waals surface area contributed by atoms with Crippen LogP contribution in [0.3, 0.4) is 0 Å². The summed E-state index contributed by atoms with van der Waals surface area (Å²) >= 11 is 0. The molecule has 0 fully saturated rings. The van der Waals surface area contributed by atoms with Crippen LogP contribution < -0.4 is 4.74 Å². The minimum Gasteiger partial charge on any atom is -0.491 e. The van der Waals surface area contributed by atoms with Crippen LogP contribution in [0.5, 0.6) is 5.75 Å². The molecule has 38 heavy (non-hydrogen) atoms. The molecule has 1 aromatic carbocycles. The Bertz CT molecular complexity index is 1210. The molecule has 3 unspecified atom stereocenters. The number of alkyl halides is 3. The molecule has 3 atom stereocenters. The Morgan fingerprint density at radius 1 is 1.05 bits per heavy atom. The van der Waals surface area contributed by atoms with E-state index >= 15 is 0 Å². The number of carbonyl (C=O) groups excluding carboxylic acids is 2. The molecule has 0 aliphatic heterocycles. The van der Waals surface area contributed by atoms with E-state index in [9.17, 15) is 27.0 Å². The number of aromatic nitrogens is 1. The Morgan fingerprint density at radius 2 is 1.76 bits per heavy atom. The molecule has 0 bridgehead atoms. The van der Waals surface area contributed by atoms with Gasteiger partial charge in [-0.3, -0.25) is 18.8 Å². The zero-order valence-corrected chi connectivity index (χ0v) is 21.7. The highest BCUT2D eigenvalue weighted by atomic mass is 32.2. The molecular weight excluding hydrogens is 523 g/mol. The van der Waals surface area contributed by atoms with Crippen LogP contribution in [0, 0.1) is 12.8 Å². The highest BCUT2D eigenvalue weighted by Crippen LogP contribution is 2.34. The molecule has 1 heterocycles. The fourth-order valence-corrected chi connectivity index (χ4v) is 5.29. The van der Waals surface area contributed by atoms with Gasteiger partial charge in [-0.2, -0.15) is 13.2 Å². The Balaban J connectivity index is 1.78. The number of allylic oxidation sites excluding steroid dienone is 3. The number of halogens is 3. The number of ketones is 2. The van der Waals surface area contributed by atoms with Crippen LogP contribution in [-0.2, 0) is 30.8 Å². The van der Waals surface area contributed by atoms with E-state index in [0.717, 1.165) is 12.2 Å². The van der Waals surface area contributed by atoms with Gasteiger partial charge in [-0.15, -0.1) is 0 Å². The number of methoxy groups -OCH3 is 1. The second-order valence-corrected chi connectivity index (χ2v) is 9.98. The van der Waals surface area contributed by atoms with Crippen LogP contribution in [0.1, 0.15) is 21.6 Å². The predicted molar refractivity (Wildman–Crippen MR) is 135 cm³/mol. The smallest absolute Gasteiger partial charge is 0.416 e. The maximum Gasteiger partial charge on any atom is 0.416 e. The SMILES string of the molecule is COCCOCCOc1ccnc(CS(=O)C2C=CC(C(F)(F)F)=CC2C(=O)C(=O)c2ccccc2)c1C. The predicted octanol–water partition coefficient (Wildman–Crippen LogP) is 4.18. The van der Waals surface area contributed by atoms with Crippen molar-refractivity contribution in [3.63, 3.8) is 0 Å². The normalized spacial score (nSPS) is 18.1. The number of hydrogen-bond acceptors (Lipinski definition) is 7. The number of nitrogens with zero attached hydrogens (tertiary/aromatic N) is 1. The summed E-state index contributed by atoms with van der Waals surface area (Å²) in [6, 6.07) is 9.18. The van der Waals surface area contributed by atoms with E-state index in [0.29, 0.717) is 42.9 Å². The van der Waals surface area contributed by atoms with Crippen LogP contribution >= 0.6 is 0 Å². The highest BCUT2D eigenvalue weighted by Gasteiger charge is 2.41. The Labute approximate surface area is 221 Å². The zero-order chi connectivity index (χ0) is 27.7. The van der Waals surface area contributed by atoms with Crippen LogP contribution in [-0.4, -0.2) is 65.7 Å². The van der Waals surface area contributed by atoms with E-state index in [1.165, 1.54) is 18.3 Å². The molecule has 2 aromatic rings. The molecule has 1 aromatic heterocycles. The van der Waals surface area contributed by atoms with Gasteiger partial charge in [0.1, 0.15) is 12.4 Å². The lowest BCUT2D eigenvalue weighted by molar-refractivity contribution is -0.117. The van der Waals surface area contributed by atoms with Crippen molar-refractivity contribution in [2.45, 2.75) is 24.1 Å². The largest absolute Gasteiger partial charge is 0.491 e. The van der Waals surface area contributed by atoms with Gasteiger partial charge in [-0.05, 0) is 13.0 Å². The zero-order valence-electron chi connectivity index (χ0n) is 20.9. The summed E-state index contributed by atoms with van der Waals surface area (Å²) in [5, 5.41) is -1.15. The van der Waals surface area contributed by atoms with E-state index in [1.807, 2.05) is 0 Å². The van der Waals surface area contributed by atoms with Gasteiger partial charge in [0, 0.05) is 35.2 Å². The summed E-state index contributed by atoms with van der Waals surface area (Å²) < 4.78 is 69.7. The van der Waals surface area contributed by atoms with Crippen molar-refractivity contribution in [2.24, 2.45) is 5.92 Å². The third-order valence-electron chi connectivity index (χ3n) is 5.83. The van der Waals surface area contributed by atoms with E-state index in [1.54, 1.807) is 38.3 Å². The monoisotopic (exact) mass is 551 g/mol. The molecule has 204 valence electrons. The Morgan fingerprint density at radius 3 is 2.45 bits per heavy atom. The lowest BCUT2D eigenvalue weighted by atomic mass is 9.88. The van der Waals surface area contributed by atoms with Gasteiger partial charge in [0.25, 0.3) is 0 Å². The molecule has 0 saturated carbocycles. The van der Waals surface area contributed by atoms with Crippen molar-refractivity contribution >= 4 is 22.4 Å². The minimum absolute atomic E-state index is 0.0482. The fourth-order valence-electron chi connectivity index (χ4n) is 3.76. The first-order valence-corrected chi connectivity index (χ1v) is 13.1. The molecular formula is C27H28F3NO6S. The lowest BCUT2D eigenvalue weighted by Crippen LogP contribution is -2.37. The molecule has 3 rings (SSSR count). The number of carbonyl (C=O) groups is 2. The van der Waals surface area contributed by atoms with Gasteiger partial charge in [0.05, 0.1) is 48.0 Å². The Hall–Kier alpha value is -3.15. The van der Waals surface area contributed by atoms with Crippen molar-refractivity contribution in [3.8, 4) is 5.75 Å². The average Bonchev–Trinajstić information content (AvgIpc) is 2.91. The first-order chi connectivity index (χ1) is 18.1. The van der Waals surface area contributed by atoms with Crippen molar-refractivity contribution in [1.29, 1.82) is 0 Å². The van der Waals surface area contributed by atoms with Crippen molar-refractivity contribution in [1.82, 2.24) is 4.98 Å². The molecule has 7 nitrogen and oxygen atoms in total. The quantitative estimate of drug-likeness (QED) is 0.210. The average molecular weight is 552 g/mol. The van der Waals surface area contributed by atoms with Crippen molar-refractivity contribution < 1.29 is 41.2 Å². The van der Waals surface area contributed by atoms with Gasteiger partial charge in [0.2, 0.25) is 11.6 Å². The molecule has 1 aliphatic carbocycles. The molecule has 0 amide bonds. The number of ether oxygens (including phenoxy) is 3. The lowest BCUT2D eigenvalue weighted by Gasteiger charge is -2.25. The summed E-state index contributed by atoms with van der Waals surface area (Å²) in [6.45, 7) is 3.18. The topological polar surface area (TPSA) is 91.8 Å². The van der Waals surface area contributed by atoms with E-state index < -0.39 is 45.3 Å². The van der Waals surface area contributed by atoms with Crippen LogP contribution in [0.25, 0.3) is 0 Å². The van der Waals surface area contributed by atoms with E-state index in [4.69, 9.17) is 14.2 Å². The second-order valence-electron chi connectivity index (χ2n) is 8.39. The number of Topliss-reactive ketones (excluding diaryl/α,β-unsaturated/α-hetero) is 2. The summed E-state index contributed by atoms with van der Waals surface area (Å²) in [4.78, 5) is 30.1. The maximum atomic E-state index is 13.4. The van der Waals surface area contributed by atoms with Gasteiger partial charge < -0.3 is 14.2 Å². The summed E-state index contributed by atoms with van der Waals surface area (Å²) in [5.74, 6) is -3.21. The highest BCUT2D eigenvalue weighted by molar-refractivity contribution is 7.85. The minimum atomic E-state index is -4.73. The van der Waals surface area contributed by atoms with E-state index in [2.05, 4.69) is 4.98 Å². The van der Waals surface area contributed by atoms with Crippen LogP contribution in [0.2, 0.25) is 0 Å². The molecule has 11 heteroatoms. The van der Waals surface area contributed by atoms with Gasteiger partial charge in [-0.1, -0.05) is 48.6 Å². The van der Waals surface area contributed by atoms with Gasteiger partial charge in [-0.25, -0.2) is 0 Å². The number of pyridine rings is 1. The Kier molecular flexibility index (Phi) is 10.5. The summed E-state index contributed by atoms with van der Waals surface area (Å²) in [5.41, 5.74) is -0.0116. The molecule has 0 N–H and O–H groups in total. The third-order valence-corrected chi connectivity index (χ3v) is 7.44. The third kappa shape index (κ3) is 7.68. The molecule has 0 radical (unpaired) electrons. The van der Waals surface area contributed by atoms with Crippen molar-refractivity contribution in [2.75, 3.05) is 33.5 Å². The molecule has 0 saturated heterocycles. The molecule has 0 spiro atoms. The number of rotatable bonds is 13. The van der Waals surface area contributed by atoms with Gasteiger partial charge in [0.15, 0.2) is 0 Å². The standard InChI is InChI=1S/C27H28F3NO6S/c1-18-22(31-11-10-23(18)37-15-14-36-13-12-35-2)17-38(34)24-9-8-20(27(28,29)30)16-21(24)26(33)25(32)19-6-4-3-5-7-19/h3-11,16,21,24H,12-15,17H2,1-2H3. The maximum absolute atomic E-state index is 13.4. The number of benzene rings is 1. The fraction of sp³-hybridized carbons (Fsp3) is 0.370. The van der Waals surface area contributed by atoms with Gasteiger partial charge >= 0.3 is 6.18 Å². The van der Waals surface area contributed by atoms with E-state index in [-0.39, 0.29) is 17.9 Å². The second kappa shape index (κ2) is 13.6. The van der Waals surface area contributed by atoms with Crippen LogP contribution in [0.15, 0.2) is 66.4 Å². The first-order valence-electron chi connectivity index (χ1n) is 11.8. The molecule has 1 aliphatic rings. The first kappa shape index (κ1) is 29.4. The summed E-state index contributed by atoms with van der Waals surface area (Å²) in [6.07, 6.45) is -0.681.